The van der Waals surface area contributed by atoms with Crippen LogP contribution < -0.4 is 4.74 Å². The summed E-state index contributed by atoms with van der Waals surface area (Å²) in [6, 6.07) is 3.84. The lowest BCUT2D eigenvalue weighted by Gasteiger charge is -2.21. The second-order valence-corrected chi connectivity index (χ2v) is 7.51. The number of ether oxygens (including phenoxy) is 1. The van der Waals surface area contributed by atoms with Crippen molar-refractivity contribution in [1.82, 2.24) is 9.38 Å². The molecule has 2 aromatic rings. The summed E-state index contributed by atoms with van der Waals surface area (Å²) in [7, 11) is 0. The Balaban J connectivity index is 1.81. The van der Waals surface area contributed by atoms with Crippen molar-refractivity contribution in [2.45, 2.75) is 58.8 Å². The monoisotopic (exact) mass is 358 g/mol. The molecule has 2 heterocycles. The minimum absolute atomic E-state index is 0.00168. The van der Waals surface area contributed by atoms with Gasteiger partial charge in [-0.3, -0.25) is 9.20 Å². The molecule has 1 atom stereocenters. The van der Waals surface area contributed by atoms with Crippen LogP contribution in [0.15, 0.2) is 18.3 Å². The molecule has 1 unspecified atom stereocenters. The Morgan fingerprint density at radius 3 is 2.85 bits per heavy atom. The van der Waals surface area contributed by atoms with E-state index in [1.54, 1.807) is 0 Å². The first kappa shape index (κ1) is 18.9. The maximum absolute atomic E-state index is 12.8. The molecular weight excluding hydrogens is 328 g/mol. The van der Waals surface area contributed by atoms with Crippen molar-refractivity contribution in [3.05, 3.63) is 29.7 Å². The maximum Gasteiger partial charge on any atom is 0.181 e. The first-order chi connectivity index (χ1) is 12.6. The molecule has 0 amide bonds. The number of hydrogen-bond donors (Lipinski definition) is 1. The average Bonchev–Trinajstić information content (AvgIpc) is 3.01. The quantitative estimate of drug-likeness (QED) is 0.719. The number of Topliss-reactive ketones (excluding diaryl/α,β-unsaturated/α-hetero) is 1. The highest BCUT2D eigenvalue weighted by Gasteiger charge is 2.22. The average molecular weight is 358 g/mol. The van der Waals surface area contributed by atoms with Crippen LogP contribution in [0.4, 0.5) is 0 Å². The predicted octanol–water partition coefficient (Wildman–Crippen LogP) is 4.19. The lowest BCUT2D eigenvalue weighted by Crippen LogP contribution is -2.16. The van der Waals surface area contributed by atoms with Gasteiger partial charge in [0.1, 0.15) is 5.69 Å². The molecule has 0 radical (unpaired) electrons. The molecule has 26 heavy (non-hydrogen) atoms. The topological polar surface area (TPSA) is 63.8 Å². The third kappa shape index (κ3) is 4.09. The van der Waals surface area contributed by atoms with E-state index in [-0.39, 0.29) is 18.3 Å². The molecule has 1 N–H and O–H groups in total. The molecule has 5 nitrogen and oxygen atoms in total. The van der Waals surface area contributed by atoms with Crippen molar-refractivity contribution >= 4 is 11.4 Å². The SMILES string of the molecule is CCC(CO)CC(=O)c1c(C)nc2c(OCC3CCCCC3)cccn12. The van der Waals surface area contributed by atoms with Gasteiger partial charge in [0.05, 0.1) is 12.3 Å². The molecule has 0 bridgehead atoms. The first-order valence-electron chi connectivity index (χ1n) is 9.88. The summed E-state index contributed by atoms with van der Waals surface area (Å²) in [4.78, 5) is 17.4. The number of imidazole rings is 1. The molecule has 0 aromatic carbocycles. The number of fused-ring (bicyclic) bond motifs is 1. The van der Waals surface area contributed by atoms with Crippen LogP contribution in [-0.4, -0.2) is 33.5 Å². The van der Waals surface area contributed by atoms with Gasteiger partial charge in [-0.15, -0.1) is 0 Å². The van der Waals surface area contributed by atoms with Gasteiger partial charge in [0.2, 0.25) is 0 Å². The molecule has 1 aliphatic rings. The van der Waals surface area contributed by atoms with Gasteiger partial charge in [-0.1, -0.05) is 32.6 Å². The molecule has 0 spiro atoms. The third-order valence-electron chi connectivity index (χ3n) is 5.56. The molecule has 1 aliphatic carbocycles. The second-order valence-electron chi connectivity index (χ2n) is 7.51. The van der Waals surface area contributed by atoms with Crippen molar-refractivity contribution in [3.63, 3.8) is 0 Å². The van der Waals surface area contributed by atoms with E-state index in [1.807, 2.05) is 36.6 Å². The summed E-state index contributed by atoms with van der Waals surface area (Å²) >= 11 is 0. The Labute approximate surface area is 155 Å². The van der Waals surface area contributed by atoms with Crippen LogP contribution in [0.1, 0.15) is 68.1 Å². The first-order valence-corrected chi connectivity index (χ1v) is 9.88. The zero-order valence-corrected chi connectivity index (χ0v) is 15.9. The van der Waals surface area contributed by atoms with Crippen LogP contribution in [0.5, 0.6) is 5.75 Å². The summed E-state index contributed by atoms with van der Waals surface area (Å²) in [5.74, 6) is 1.39. The number of ketones is 1. The van der Waals surface area contributed by atoms with Gasteiger partial charge in [0, 0.05) is 19.2 Å². The van der Waals surface area contributed by atoms with Gasteiger partial charge in [-0.25, -0.2) is 4.98 Å². The van der Waals surface area contributed by atoms with Gasteiger partial charge < -0.3 is 9.84 Å². The molecule has 1 fully saturated rings. The van der Waals surface area contributed by atoms with Crippen LogP contribution in [0.3, 0.4) is 0 Å². The molecule has 142 valence electrons. The van der Waals surface area contributed by atoms with Gasteiger partial charge >= 0.3 is 0 Å². The number of aromatic nitrogens is 2. The third-order valence-corrected chi connectivity index (χ3v) is 5.56. The molecule has 0 aliphatic heterocycles. The van der Waals surface area contributed by atoms with Crippen molar-refractivity contribution < 1.29 is 14.6 Å². The Hall–Kier alpha value is -1.88. The standard InChI is InChI=1S/C21H30N2O3/c1-3-16(13-24)12-18(25)20-15(2)22-21-19(10-7-11-23(20)21)26-14-17-8-5-4-6-9-17/h7,10-11,16-17,24H,3-6,8-9,12-14H2,1-2H3. The second kappa shape index (κ2) is 8.67. The largest absolute Gasteiger partial charge is 0.489 e. The van der Waals surface area contributed by atoms with Crippen molar-refractivity contribution in [2.75, 3.05) is 13.2 Å². The highest BCUT2D eigenvalue weighted by atomic mass is 16.5. The van der Waals surface area contributed by atoms with E-state index < -0.39 is 0 Å². The zero-order chi connectivity index (χ0) is 18.5. The zero-order valence-electron chi connectivity index (χ0n) is 15.9. The van der Waals surface area contributed by atoms with E-state index in [1.165, 1.54) is 32.1 Å². The van der Waals surface area contributed by atoms with E-state index in [9.17, 15) is 9.90 Å². The Morgan fingerprint density at radius 2 is 2.15 bits per heavy atom. The maximum atomic E-state index is 12.8. The Morgan fingerprint density at radius 1 is 1.38 bits per heavy atom. The highest BCUT2D eigenvalue weighted by molar-refractivity contribution is 5.96. The molecule has 2 aromatic heterocycles. The summed E-state index contributed by atoms with van der Waals surface area (Å²) in [6.07, 6.45) is 9.40. The number of rotatable bonds is 8. The van der Waals surface area contributed by atoms with E-state index in [4.69, 9.17) is 4.74 Å². The van der Waals surface area contributed by atoms with Crippen molar-refractivity contribution in [3.8, 4) is 5.75 Å². The summed E-state index contributed by atoms with van der Waals surface area (Å²) < 4.78 is 7.94. The van der Waals surface area contributed by atoms with Gasteiger partial charge in [-0.2, -0.15) is 0 Å². The van der Waals surface area contributed by atoms with Gasteiger partial charge in [0.25, 0.3) is 0 Å². The predicted molar refractivity (Wildman–Crippen MR) is 102 cm³/mol. The Bertz CT molecular complexity index is 743. The summed E-state index contributed by atoms with van der Waals surface area (Å²) in [6.45, 7) is 4.61. The number of nitrogens with zero attached hydrogens (tertiary/aromatic N) is 2. The number of hydrogen-bond acceptors (Lipinski definition) is 4. The van der Waals surface area contributed by atoms with E-state index in [0.717, 1.165) is 24.5 Å². The lowest BCUT2D eigenvalue weighted by molar-refractivity contribution is 0.0927. The number of aryl methyl sites for hydroxylation is 1. The van der Waals surface area contributed by atoms with Crippen molar-refractivity contribution in [1.29, 1.82) is 0 Å². The lowest BCUT2D eigenvalue weighted by atomic mass is 9.90. The van der Waals surface area contributed by atoms with E-state index >= 15 is 0 Å². The molecule has 1 saturated carbocycles. The fourth-order valence-corrected chi connectivity index (χ4v) is 3.86. The van der Waals surface area contributed by atoms with Crippen LogP contribution in [0.25, 0.3) is 5.65 Å². The smallest absolute Gasteiger partial charge is 0.181 e. The summed E-state index contributed by atoms with van der Waals surface area (Å²) in [5.41, 5.74) is 2.03. The van der Waals surface area contributed by atoms with Gasteiger partial charge in [0.15, 0.2) is 17.2 Å². The number of carbonyl (C=O) groups is 1. The van der Waals surface area contributed by atoms with Crippen molar-refractivity contribution in [2.24, 2.45) is 11.8 Å². The molecule has 0 saturated heterocycles. The number of aliphatic hydroxyl groups is 1. The number of pyridine rings is 1. The summed E-state index contributed by atoms with van der Waals surface area (Å²) in [5, 5.41) is 9.40. The Kier molecular flexibility index (Phi) is 6.30. The number of aliphatic hydroxyl groups excluding tert-OH is 1. The number of carbonyl (C=O) groups excluding carboxylic acids is 1. The molecule has 3 rings (SSSR count). The van der Waals surface area contributed by atoms with Crippen LogP contribution >= 0.6 is 0 Å². The highest BCUT2D eigenvalue weighted by Crippen LogP contribution is 2.27. The van der Waals surface area contributed by atoms with E-state index in [0.29, 0.717) is 23.7 Å². The fourth-order valence-electron chi connectivity index (χ4n) is 3.86. The molecular formula is C21H30N2O3. The molecule has 5 heteroatoms. The minimum atomic E-state index is -0.00168. The fraction of sp³-hybridized carbons (Fsp3) is 0.619. The minimum Gasteiger partial charge on any atom is -0.489 e. The van der Waals surface area contributed by atoms with Gasteiger partial charge in [-0.05, 0) is 43.7 Å². The normalized spacial score (nSPS) is 16.7. The van der Waals surface area contributed by atoms with Crippen LogP contribution in [0.2, 0.25) is 0 Å². The van der Waals surface area contributed by atoms with Crippen LogP contribution in [-0.2, 0) is 0 Å². The van der Waals surface area contributed by atoms with E-state index in [2.05, 4.69) is 4.98 Å². The van der Waals surface area contributed by atoms with Crippen LogP contribution in [0, 0.1) is 18.8 Å².